The highest BCUT2D eigenvalue weighted by molar-refractivity contribution is 7.89. The number of amides is 1. The molecule has 1 aromatic carbocycles. The molecule has 1 aromatic heterocycles. The highest BCUT2D eigenvalue weighted by Crippen LogP contribution is 2.33. The smallest absolute Gasteiger partial charge is 0.231 e. The second-order valence-corrected chi connectivity index (χ2v) is 9.58. The van der Waals surface area contributed by atoms with Gasteiger partial charge in [0.25, 0.3) is 0 Å². The molecule has 0 saturated carbocycles. The maximum atomic E-state index is 12.9. The number of carbonyl (C=O) groups is 1. The van der Waals surface area contributed by atoms with Crippen LogP contribution in [0.5, 0.6) is 11.5 Å². The van der Waals surface area contributed by atoms with Crippen molar-refractivity contribution in [1.82, 2.24) is 14.6 Å². The first-order chi connectivity index (χ1) is 14.4. The Bertz CT molecular complexity index is 1080. The topological polar surface area (TPSA) is 97.8 Å². The summed E-state index contributed by atoms with van der Waals surface area (Å²) in [7, 11) is -3.29. The highest BCUT2D eigenvalue weighted by atomic mass is 32.2. The Hall–Kier alpha value is -2.65. The minimum atomic E-state index is -3.29. The normalized spacial score (nSPS) is 15.2. The molecule has 0 fully saturated rings. The van der Waals surface area contributed by atoms with Crippen molar-refractivity contribution < 1.29 is 22.7 Å². The number of sulfonamides is 1. The lowest BCUT2D eigenvalue weighted by atomic mass is 9.94. The van der Waals surface area contributed by atoms with Gasteiger partial charge in [-0.1, -0.05) is 6.07 Å². The first kappa shape index (κ1) is 20.6. The Labute approximate surface area is 176 Å². The van der Waals surface area contributed by atoms with Gasteiger partial charge in [0.05, 0.1) is 12.2 Å². The fourth-order valence-electron chi connectivity index (χ4n) is 3.79. The fourth-order valence-corrected chi connectivity index (χ4v) is 4.36. The van der Waals surface area contributed by atoms with Gasteiger partial charge in [0.2, 0.25) is 22.7 Å². The van der Waals surface area contributed by atoms with Gasteiger partial charge in [-0.15, -0.1) is 0 Å². The van der Waals surface area contributed by atoms with Gasteiger partial charge in [-0.25, -0.2) is 13.1 Å². The monoisotopic (exact) mass is 431 g/mol. The number of benzene rings is 1. The number of hydrogen-bond acceptors (Lipinski definition) is 6. The van der Waals surface area contributed by atoms with Crippen molar-refractivity contribution in [3.63, 3.8) is 0 Å². The Morgan fingerprint density at radius 2 is 2.07 bits per heavy atom. The van der Waals surface area contributed by atoms with Gasteiger partial charge in [0.15, 0.2) is 11.5 Å². The van der Waals surface area contributed by atoms with Crippen molar-refractivity contribution in [3.05, 3.63) is 52.3 Å². The van der Waals surface area contributed by atoms with Crippen LogP contribution in [0.2, 0.25) is 0 Å². The van der Waals surface area contributed by atoms with Crippen LogP contribution in [0.15, 0.2) is 24.4 Å². The molecule has 0 spiro atoms. The second kappa shape index (κ2) is 8.23. The van der Waals surface area contributed by atoms with E-state index in [0.29, 0.717) is 31.0 Å². The lowest BCUT2D eigenvalue weighted by molar-refractivity contribution is -0.131. The predicted molar refractivity (Wildman–Crippen MR) is 111 cm³/mol. The maximum Gasteiger partial charge on any atom is 0.231 e. The second-order valence-electron chi connectivity index (χ2n) is 7.48. The molecule has 2 aromatic rings. The Morgan fingerprint density at radius 1 is 1.27 bits per heavy atom. The standard InChI is InChI=1S/C21H25N3O5S/c1-3-30(26,27)23-11-18-14(2)22-10-16-12-24(7-6-17(16)18)21(25)9-15-4-5-19-20(8-15)29-13-28-19/h4-5,8,10,23H,3,6-7,9,11-13H2,1-2H3. The van der Waals surface area contributed by atoms with Crippen molar-refractivity contribution in [2.75, 3.05) is 19.1 Å². The number of ether oxygens (including phenoxy) is 2. The van der Waals surface area contributed by atoms with E-state index in [4.69, 9.17) is 9.47 Å². The van der Waals surface area contributed by atoms with Crippen LogP contribution in [-0.2, 0) is 40.7 Å². The molecular weight excluding hydrogens is 406 g/mol. The predicted octanol–water partition coefficient (Wildman–Crippen LogP) is 1.69. The van der Waals surface area contributed by atoms with Crippen molar-refractivity contribution in [2.24, 2.45) is 0 Å². The number of rotatable bonds is 6. The molecule has 8 nitrogen and oxygen atoms in total. The molecule has 3 heterocycles. The molecule has 9 heteroatoms. The third-order valence-electron chi connectivity index (χ3n) is 5.59. The Kier molecular flexibility index (Phi) is 5.66. The van der Waals surface area contributed by atoms with Crippen molar-refractivity contribution >= 4 is 15.9 Å². The summed E-state index contributed by atoms with van der Waals surface area (Å²) in [6, 6.07) is 5.56. The summed E-state index contributed by atoms with van der Waals surface area (Å²) in [6.45, 7) is 4.99. The van der Waals surface area contributed by atoms with E-state index in [1.807, 2.05) is 30.0 Å². The van der Waals surface area contributed by atoms with E-state index in [2.05, 4.69) is 9.71 Å². The summed E-state index contributed by atoms with van der Waals surface area (Å²) in [4.78, 5) is 19.1. The van der Waals surface area contributed by atoms with Crippen LogP contribution in [-0.4, -0.2) is 43.3 Å². The number of nitrogens with zero attached hydrogens (tertiary/aromatic N) is 2. The van der Waals surface area contributed by atoms with E-state index in [-0.39, 0.29) is 31.4 Å². The number of pyridine rings is 1. The number of nitrogens with one attached hydrogen (secondary N) is 1. The van der Waals surface area contributed by atoms with Crippen LogP contribution >= 0.6 is 0 Å². The van der Waals surface area contributed by atoms with Gasteiger partial charge in [-0.3, -0.25) is 9.78 Å². The SMILES string of the molecule is CCS(=O)(=O)NCc1c(C)ncc2c1CCN(C(=O)Cc1ccc3c(c1)OCO3)C2. The Morgan fingerprint density at radius 3 is 2.87 bits per heavy atom. The molecular formula is C21H25N3O5S. The zero-order chi connectivity index (χ0) is 21.3. The van der Waals surface area contributed by atoms with Gasteiger partial charge in [0.1, 0.15) is 0 Å². The molecule has 0 radical (unpaired) electrons. The zero-order valence-corrected chi connectivity index (χ0v) is 17.9. The van der Waals surface area contributed by atoms with E-state index < -0.39 is 10.0 Å². The summed E-state index contributed by atoms with van der Waals surface area (Å²) in [5, 5.41) is 0. The van der Waals surface area contributed by atoms with Crippen molar-refractivity contribution in [3.8, 4) is 11.5 Å². The molecule has 160 valence electrons. The van der Waals surface area contributed by atoms with Gasteiger partial charge in [-0.05, 0) is 54.7 Å². The first-order valence-electron chi connectivity index (χ1n) is 9.96. The van der Waals surface area contributed by atoms with Crippen LogP contribution in [0.25, 0.3) is 0 Å². The van der Waals surface area contributed by atoms with Gasteiger partial charge in [0, 0.05) is 31.5 Å². The van der Waals surface area contributed by atoms with E-state index in [0.717, 1.165) is 27.9 Å². The van der Waals surface area contributed by atoms with Crippen LogP contribution in [0.4, 0.5) is 0 Å². The lowest BCUT2D eigenvalue weighted by Gasteiger charge is -2.30. The third-order valence-corrected chi connectivity index (χ3v) is 6.93. The number of carbonyl (C=O) groups excluding carboxylic acids is 1. The molecule has 2 aliphatic heterocycles. The first-order valence-corrected chi connectivity index (χ1v) is 11.6. The van der Waals surface area contributed by atoms with Crippen molar-refractivity contribution in [1.29, 1.82) is 0 Å². The number of hydrogen-bond donors (Lipinski definition) is 1. The van der Waals surface area contributed by atoms with Crippen molar-refractivity contribution in [2.45, 2.75) is 39.8 Å². The summed E-state index contributed by atoms with van der Waals surface area (Å²) in [6.07, 6.45) is 2.76. The number of aryl methyl sites for hydroxylation is 1. The molecule has 0 saturated heterocycles. The molecule has 0 aliphatic carbocycles. The summed E-state index contributed by atoms with van der Waals surface area (Å²) >= 11 is 0. The molecule has 1 N–H and O–H groups in total. The summed E-state index contributed by atoms with van der Waals surface area (Å²) in [5.41, 5.74) is 4.66. The highest BCUT2D eigenvalue weighted by Gasteiger charge is 2.25. The van der Waals surface area contributed by atoms with Crippen LogP contribution in [0, 0.1) is 6.92 Å². The van der Waals surface area contributed by atoms with Crippen LogP contribution < -0.4 is 14.2 Å². The Balaban J connectivity index is 1.47. The lowest BCUT2D eigenvalue weighted by Crippen LogP contribution is -2.38. The zero-order valence-electron chi connectivity index (χ0n) is 17.1. The summed E-state index contributed by atoms with van der Waals surface area (Å²) < 4.78 is 37.0. The average molecular weight is 432 g/mol. The largest absolute Gasteiger partial charge is 0.454 e. The minimum absolute atomic E-state index is 0.0355. The molecule has 0 unspecified atom stereocenters. The molecule has 0 bridgehead atoms. The maximum absolute atomic E-state index is 12.9. The molecule has 30 heavy (non-hydrogen) atoms. The minimum Gasteiger partial charge on any atom is -0.454 e. The van der Waals surface area contributed by atoms with Gasteiger partial charge >= 0.3 is 0 Å². The van der Waals surface area contributed by atoms with E-state index in [1.165, 1.54) is 0 Å². The molecule has 2 aliphatic rings. The van der Waals surface area contributed by atoms with E-state index in [1.54, 1.807) is 13.1 Å². The quantitative estimate of drug-likeness (QED) is 0.748. The van der Waals surface area contributed by atoms with Gasteiger partial charge in [-0.2, -0.15) is 0 Å². The number of aromatic nitrogens is 1. The number of fused-ring (bicyclic) bond motifs is 2. The van der Waals surface area contributed by atoms with Gasteiger partial charge < -0.3 is 14.4 Å². The average Bonchev–Trinajstić information content (AvgIpc) is 3.20. The molecule has 1 amide bonds. The molecule has 4 rings (SSSR count). The van der Waals surface area contributed by atoms with Crippen LogP contribution in [0.1, 0.15) is 34.9 Å². The van der Waals surface area contributed by atoms with E-state index in [9.17, 15) is 13.2 Å². The van der Waals surface area contributed by atoms with E-state index >= 15 is 0 Å². The third kappa shape index (κ3) is 4.27. The van der Waals surface area contributed by atoms with Crippen LogP contribution in [0.3, 0.4) is 0 Å². The summed E-state index contributed by atoms with van der Waals surface area (Å²) in [5.74, 6) is 1.44. The molecule has 0 atom stereocenters. The fraction of sp³-hybridized carbons (Fsp3) is 0.429.